The third-order valence-corrected chi connectivity index (χ3v) is 7.14. The normalized spacial score (nSPS) is 18.5. The molecule has 158 valence electrons. The average molecular weight is 426 g/mol. The highest BCUT2D eigenvalue weighted by molar-refractivity contribution is 7.90. The van der Waals surface area contributed by atoms with Gasteiger partial charge in [0.25, 0.3) is 15.9 Å². The molecule has 2 aromatic carbocycles. The van der Waals surface area contributed by atoms with Crippen molar-refractivity contribution in [2.45, 2.75) is 56.9 Å². The van der Waals surface area contributed by atoms with Crippen molar-refractivity contribution in [2.24, 2.45) is 4.40 Å². The molecule has 6 nitrogen and oxygen atoms in total. The Morgan fingerprint density at radius 3 is 2.63 bits per heavy atom. The first kappa shape index (κ1) is 20.6. The van der Waals surface area contributed by atoms with Crippen LogP contribution < -0.4 is 10.2 Å². The number of hydrogen-bond donors (Lipinski definition) is 1. The Morgan fingerprint density at radius 2 is 1.90 bits per heavy atom. The summed E-state index contributed by atoms with van der Waals surface area (Å²) >= 11 is 0. The summed E-state index contributed by atoms with van der Waals surface area (Å²) in [5.74, 6) is 0.327. The van der Waals surface area contributed by atoms with Gasteiger partial charge in [0.15, 0.2) is 0 Å². The minimum absolute atomic E-state index is 0.115. The molecule has 2 aliphatic rings. The zero-order valence-corrected chi connectivity index (χ0v) is 18.2. The van der Waals surface area contributed by atoms with Gasteiger partial charge in [0.1, 0.15) is 10.7 Å². The van der Waals surface area contributed by atoms with E-state index < -0.39 is 10.0 Å². The molecule has 0 bridgehead atoms. The molecule has 0 unspecified atom stereocenters. The molecule has 1 fully saturated rings. The highest BCUT2D eigenvalue weighted by Gasteiger charge is 2.32. The van der Waals surface area contributed by atoms with E-state index in [1.54, 1.807) is 12.1 Å². The zero-order valence-electron chi connectivity index (χ0n) is 17.4. The standard InChI is InChI=1S/C23H27N3O3S/c1-3-19(17-10-8-16(2)9-11-17)24-23(27)18-12-13-20-21(15-18)30(28,29)25-22-7-5-4-6-14-26(20)22/h8-13,15,19H,3-7,14H2,1-2H3,(H,24,27)/t19-/m0/s1. The predicted molar refractivity (Wildman–Crippen MR) is 119 cm³/mol. The topological polar surface area (TPSA) is 78.8 Å². The second-order valence-corrected chi connectivity index (χ2v) is 9.54. The Balaban J connectivity index is 1.63. The second kappa shape index (κ2) is 8.22. The third kappa shape index (κ3) is 3.99. The van der Waals surface area contributed by atoms with Crippen molar-refractivity contribution in [1.29, 1.82) is 0 Å². The maximum absolute atomic E-state index is 12.9. The second-order valence-electron chi connectivity index (χ2n) is 7.97. The van der Waals surface area contributed by atoms with Crippen LogP contribution in [-0.4, -0.2) is 26.7 Å². The van der Waals surface area contributed by atoms with Gasteiger partial charge in [-0.3, -0.25) is 4.79 Å². The summed E-state index contributed by atoms with van der Waals surface area (Å²) in [6.07, 6.45) is 4.39. The SMILES string of the molecule is CC[C@H](NC(=O)c1ccc2c(c1)S(=O)(=O)N=C1CCCCCN12)c1ccc(C)cc1. The lowest BCUT2D eigenvalue weighted by atomic mass is 10.0. The molecule has 0 aliphatic carbocycles. The Hall–Kier alpha value is -2.67. The molecule has 0 aromatic heterocycles. The van der Waals surface area contributed by atoms with Gasteiger partial charge in [-0.2, -0.15) is 8.42 Å². The smallest absolute Gasteiger partial charge is 0.286 e. The number of anilines is 1. The first-order valence-electron chi connectivity index (χ1n) is 10.5. The van der Waals surface area contributed by atoms with Crippen LogP contribution in [0.4, 0.5) is 5.69 Å². The summed E-state index contributed by atoms with van der Waals surface area (Å²) in [5, 5.41) is 3.04. The van der Waals surface area contributed by atoms with Gasteiger partial charge in [0.05, 0.1) is 11.7 Å². The van der Waals surface area contributed by atoms with Crippen LogP contribution in [-0.2, 0) is 10.0 Å². The third-order valence-electron chi connectivity index (χ3n) is 5.80. The molecule has 7 heteroatoms. The van der Waals surface area contributed by atoms with E-state index >= 15 is 0 Å². The van der Waals surface area contributed by atoms with E-state index in [1.807, 2.05) is 43.0 Å². The van der Waals surface area contributed by atoms with Crippen LogP contribution in [0.2, 0.25) is 0 Å². The maximum Gasteiger partial charge on any atom is 0.286 e. The number of rotatable bonds is 4. The molecule has 0 saturated carbocycles. The van der Waals surface area contributed by atoms with Crippen LogP contribution in [0.25, 0.3) is 0 Å². The molecule has 1 N–H and O–H groups in total. The van der Waals surface area contributed by atoms with Gasteiger partial charge in [-0.15, -0.1) is 4.40 Å². The zero-order chi connectivity index (χ0) is 21.3. The maximum atomic E-state index is 12.9. The van der Waals surface area contributed by atoms with E-state index in [9.17, 15) is 13.2 Å². The number of carbonyl (C=O) groups excluding carboxylic acids is 1. The number of carbonyl (C=O) groups is 1. The number of amidine groups is 1. The number of nitrogens with zero attached hydrogens (tertiary/aromatic N) is 2. The lowest BCUT2D eigenvalue weighted by molar-refractivity contribution is 0.0935. The van der Waals surface area contributed by atoms with Crippen molar-refractivity contribution in [3.8, 4) is 0 Å². The summed E-state index contributed by atoms with van der Waals surface area (Å²) in [5.41, 5.74) is 3.15. The summed E-state index contributed by atoms with van der Waals surface area (Å²) in [7, 11) is -3.81. The molecule has 0 spiro atoms. The number of amides is 1. The Morgan fingerprint density at radius 1 is 1.13 bits per heavy atom. The van der Waals surface area contributed by atoms with E-state index in [1.165, 1.54) is 6.07 Å². The van der Waals surface area contributed by atoms with Crippen LogP contribution in [0.1, 0.15) is 66.6 Å². The number of nitrogens with one attached hydrogen (secondary N) is 1. The van der Waals surface area contributed by atoms with E-state index in [4.69, 9.17) is 0 Å². The molecule has 2 heterocycles. The van der Waals surface area contributed by atoms with E-state index in [0.717, 1.165) is 43.4 Å². The van der Waals surface area contributed by atoms with Gasteiger partial charge >= 0.3 is 0 Å². The van der Waals surface area contributed by atoms with Gasteiger partial charge in [0, 0.05) is 18.5 Å². The highest BCUT2D eigenvalue weighted by atomic mass is 32.2. The molecule has 2 aromatic rings. The van der Waals surface area contributed by atoms with E-state index in [-0.39, 0.29) is 16.8 Å². The lowest BCUT2D eigenvalue weighted by Gasteiger charge is -2.29. The Labute approximate surface area is 178 Å². The predicted octanol–water partition coefficient (Wildman–Crippen LogP) is 4.36. The number of aryl methyl sites for hydroxylation is 1. The number of fused-ring (bicyclic) bond motifs is 3. The molecule has 0 radical (unpaired) electrons. The molecule has 2 aliphatic heterocycles. The Kier molecular flexibility index (Phi) is 5.64. The van der Waals surface area contributed by atoms with Gasteiger partial charge < -0.3 is 10.2 Å². The molecule has 4 rings (SSSR count). The van der Waals surface area contributed by atoms with E-state index in [0.29, 0.717) is 23.5 Å². The van der Waals surface area contributed by atoms with Crippen LogP contribution >= 0.6 is 0 Å². The van der Waals surface area contributed by atoms with Crippen LogP contribution in [0.5, 0.6) is 0 Å². The number of benzene rings is 2. The van der Waals surface area contributed by atoms with Gasteiger partial charge in [-0.05, 0) is 49.9 Å². The van der Waals surface area contributed by atoms with Crippen LogP contribution in [0, 0.1) is 6.92 Å². The molecule has 1 atom stereocenters. The van der Waals surface area contributed by atoms with Gasteiger partial charge in [-0.25, -0.2) is 0 Å². The largest absolute Gasteiger partial charge is 0.345 e. The molecular formula is C23H27N3O3S. The molecule has 1 saturated heterocycles. The summed E-state index contributed by atoms with van der Waals surface area (Å²) in [4.78, 5) is 15.0. The fourth-order valence-electron chi connectivity index (χ4n) is 4.08. The minimum atomic E-state index is -3.81. The van der Waals surface area contributed by atoms with Crippen LogP contribution in [0.15, 0.2) is 51.8 Å². The van der Waals surface area contributed by atoms with E-state index in [2.05, 4.69) is 9.71 Å². The fourth-order valence-corrected chi connectivity index (χ4v) is 5.37. The highest BCUT2D eigenvalue weighted by Crippen LogP contribution is 2.35. The summed E-state index contributed by atoms with van der Waals surface area (Å²) in [6, 6.07) is 12.8. The summed E-state index contributed by atoms with van der Waals surface area (Å²) in [6.45, 7) is 4.78. The quantitative estimate of drug-likeness (QED) is 0.790. The molecular weight excluding hydrogens is 398 g/mol. The van der Waals surface area contributed by atoms with Gasteiger partial charge in [0.2, 0.25) is 0 Å². The number of hydrogen-bond acceptors (Lipinski definition) is 4. The van der Waals surface area contributed by atoms with Crippen LogP contribution in [0.3, 0.4) is 0 Å². The first-order chi connectivity index (χ1) is 14.4. The average Bonchev–Trinajstić information content (AvgIpc) is 2.97. The minimum Gasteiger partial charge on any atom is -0.345 e. The lowest BCUT2D eigenvalue weighted by Crippen LogP contribution is -2.35. The Bertz CT molecular complexity index is 1090. The van der Waals surface area contributed by atoms with Crippen molar-refractivity contribution in [3.05, 3.63) is 59.2 Å². The molecule has 1 amide bonds. The van der Waals surface area contributed by atoms with Crippen molar-refractivity contribution in [3.63, 3.8) is 0 Å². The fraction of sp³-hybridized carbons (Fsp3) is 0.391. The van der Waals surface area contributed by atoms with Crippen molar-refractivity contribution >= 4 is 27.5 Å². The van der Waals surface area contributed by atoms with Gasteiger partial charge in [-0.1, -0.05) is 43.2 Å². The monoisotopic (exact) mass is 425 g/mol. The van der Waals surface area contributed by atoms with Crippen molar-refractivity contribution in [2.75, 3.05) is 11.4 Å². The summed E-state index contributed by atoms with van der Waals surface area (Å²) < 4.78 is 29.7. The van der Waals surface area contributed by atoms with Crippen molar-refractivity contribution < 1.29 is 13.2 Å². The number of sulfonamides is 1. The van der Waals surface area contributed by atoms with Crippen molar-refractivity contribution in [1.82, 2.24) is 5.32 Å². The first-order valence-corrected chi connectivity index (χ1v) is 12.0. The molecule has 30 heavy (non-hydrogen) atoms.